The molecule has 2 aliphatic carbocycles. The summed E-state index contributed by atoms with van der Waals surface area (Å²) in [6, 6.07) is 6.83. The van der Waals surface area contributed by atoms with Crippen LogP contribution in [0.3, 0.4) is 0 Å². The Balaban J connectivity index is 1.77. The Morgan fingerprint density at radius 2 is 2.26 bits per heavy atom. The Bertz CT molecular complexity index is 822. The van der Waals surface area contributed by atoms with Crippen molar-refractivity contribution in [1.29, 1.82) is 0 Å². The number of benzene rings is 1. The van der Waals surface area contributed by atoms with Gasteiger partial charge in [-0.25, -0.2) is 4.79 Å². The standard InChI is InChI=1S/C20H22N2O5/c1-3-20(11-21-19(23)26-2)15-9-8-13(17(20)18-14(15)10-27-18)12-6-4-5-7-16(12)22(24)25/h3-9,13-15,17-18H,1,10-11H2,2H3,(H,21,23)/t13-,14-,15+,17-,18-,20?/m0/s1. The number of alkyl carbamates (subject to hydrolysis) is 1. The molecule has 27 heavy (non-hydrogen) atoms. The monoisotopic (exact) mass is 370 g/mol. The molecule has 1 N–H and O–H groups in total. The molecule has 1 aromatic carbocycles. The Hall–Kier alpha value is -2.67. The number of para-hydroxylation sites is 1. The molecular weight excluding hydrogens is 348 g/mol. The first kappa shape index (κ1) is 17.7. The van der Waals surface area contributed by atoms with Gasteiger partial charge in [0.15, 0.2) is 0 Å². The maximum Gasteiger partial charge on any atom is 0.406 e. The molecule has 1 unspecified atom stereocenters. The minimum atomic E-state index is -0.499. The second-order valence-corrected chi connectivity index (χ2v) is 7.40. The number of allylic oxidation sites excluding steroid dienone is 2. The van der Waals surface area contributed by atoms with E-state index in [2.05, 4.69) is 24.0 Å². The highest BCUT2D eigenvalue weighted by atomic mass is 16.6. The Morgan fingerprint density at radius 3 is 2.89 bits per heavy atom. The molecule has 1 heterocycles. The van der Waals surface area contributed by atoms with Crippen molar-refractivity contribution in [1.82, 2.24) is 5.32 Å². The molecule has 1 aromatic rings. The number of hydrogen-bond acceptors (Lipinski definition) is 5. The lowest BCUT2D eigenvalue weighted by Crippen LogP contribution is -2.47. The highest BCUT2D eigenvalue weighted by Crippen LogP contribution is 2.64. The van der Waals surface area contributed by atoms with E-state index in [0.717, 1.165) is 0 Å². The summed E-state index contributed by atoms with van der Waals surface area (Å²) in [5.41, 5.74) is 0.332. The lowest BCUT2D eigenvalue weighted by atomic mass is 9.62. The van der Waals surface area contributed by atoms with Gasteiger partial charge in [-0.1, -0.05) is 36.4 Å². The van der Waals surface area contributed by atoms with Crippen LogP contribution in [0.25, 0.3) is 0 Å². The summed E-state index contributed by atoms with van der Waals surface area (Å²) in [4.78, 5) is 22.9. The molecule has 0 spiro atoms. The molecule has 1 saturated heterocycles. The summed E-state index contributed by atoms with van der Waals surface area (Å²) < 4.78 is 10.6. The highest BCUT2D eigenvalue weighted by molar-refractivity contribution is 5.67. The maximum atomic E-state index is 11.7. The van der Waals surface area contributed by atoms with Crippen LogP contribution in [0.2, 0.25) is 0 Å². The predicted molar refractivity (Wildman–Crippen MR) is 98.2 cm³/mol. The molecular formula is C20H22N2O5. The molecule has 4 rings (SSSR count). The summed E-state index contributed by atoms with van der Waals surface area (Å²) in [6.07, 6.45) is 5.59. The quantitative estimate of drug-likeness (QED) is 0.489. The van der Waals surface area contributed by atoms with Gasteiger partial charge in [-0.2, -0.15) is 0 Å². The first-order valence-corrected chi connectivity index (χ1v) is 9.02. The van der Waals surface area contributed by atoms with Crippen LogP contribution in [0.1, 0.15) is 11.5 Å². The van der Waals surface area contributed by atoms with Crippen molar-refractivity contribution in [2.24, 2.45) is 23.2 Å². The molecule has 0 aromatic heterocycles. The van der Waals surface area contributed by atoms with Crippen molar-refractivity contribution in [3.63, 3.8) is 0 Å². The van der Waals surface area contributed by atoms with Crippen molar-refractivity contribution < 1.29 is 19.2 Å². The fourth-order valence-corrected chi connectivity index (χ4v) is 5.25. The number of amides is 1. The number of fused-ring (bicyclic) bond motifs is 5. The van der Waals surface area contributed by atoms with E-state index >= 15 is 0 Å². The topological polar surface area (TPSA) is 90.7 Å². The van der Waals surface area contributed by atoms with Crippen LogP contribution in [0.15, 0.2) is 49.1 Å². The largest absolute Gasteiger partial charge is 0.453 e. The molecule has 7 nitrogen and oxygen atoms in total. The zero-order valence-corrected chi connectivity index (χ0v) is 15.0. The van der Waals surface area contributed by atoms with Crippen molar-refractivity contribution in [3.05, 3.63) is 64.8 Å². The van der Waals surface area contributed by atoms with Gasteiger partial charge in [-0.3, -0.25) is 10.1 Å². The number of methoxy groups -OCH3 is 1. The number of nitrogens with one attached hydrogen (secondary N) is 1. The Labute approximate surface area is 157 Å². The number of carbonyl (C=O) groups is 1. The van der Waals surface area contributed by atoms with Gasteiger partial charge in [0.1, 0.15) is 0 Å². The fourth-order valence-electron chi connectivity index (χ4n) is 5.25. The van der Waals surface area contributed by atoms with Crippen LogP contribution in [-0.4, -0.2) is 37.4 Å². The molecule has 1 amide bonds. The van der Waals surface area contributed by atoms with E-state index in [9.17, 15) is 14.9 Å². The zero-order valence-electron chi connectivity index (χ0n) is 15.0. The van der Waals surface area contributed by atoms with E-state index in [-0.39, 0.29) is 34.5 Å². The average molecular weight is 370 g/mol. The van der Waals surface area contributed by atoms with E-state index in [1.165, 1.54) is 13.2 Å². The van der Waals surface area contributed by atoms with Crippen LogP contribution in [0.5, 0.6) is 0 Å². The number of nitrogens with zero attached hydrogens (tertiary/aromatic N) is 1. The average Bonchev–Trinajstić information content (AvgIpc) is 2.75. The number of ether oxygens (including phenoxy) is 2. The van der Waals surface area contributed by atoms with E-state index in [1.807, 2.05) is 12.1 Å². The molecule has 2 fully saturated rings. The molecule has 2 bridgehead atoms. The number of rotatable bonds is 5. The SMILES string of the molecule is C=CC1(CNC(=O)OC)[C@@H]2[C@H]3OC[C@H]3[C@H]1C=C[C@H]2c1ccccc1[N+](=O)[O-]. The molecule has 7 heteroatoms. The summed E-state index contributed by atoms with van der Waals surface area (Å²) in [7, 11) is 1.33. The van der Waals surface area contributed by atoms with Gasteiger partial charge >= 0.3 is 6.09 Å². The second-order valence-electron chi connectivity index (χ2n) is 7.40. The number of hydrogen-bond donors (Lipinski definition) is 1. The van der Waals surface area contributed by atoms with Crippen LogP contribution >= 0.6 is 0 Å². The highest BCUT2D eigenvalue weighted by Gasteiger charge is 2.65. The summed E-state index contributed by atoms with van der Waals surface area (Å²) in [6.45, 7) is 5.09. The first-order chi connectivity index (χ1) is 13.0. The number of carbonyl (C=O) groups excluding carboxylic acids is 1. The minimum Gasteiger partial charge on any atom is -0.453 e. The molecule has 142 valence electrons. The summed E-state index contributed by atoms with van der Waals surface area (Å²) >= 11 is 0. The first-order valence-electron chi connectivity index (χ1n) is 9.02. The second kappa shape index (κ2) is 6.49. The van der Waals surface area contributed by atoms with Gasteiger partial charge in [0, 0.05) is 41.3 Å². The van der Waals surface area contributed by atoms with Gasteiger partial charge in [0.05, 0.1) is 24.7 Å². The molecule has 1 aliphatic heterocycles. The molecule has 6 atom stereocenters. The van der Waals surface area contributed by atoms with E-state index in [1.54, 1.807) is 12.1 Å². The van der Waals surface area contributed by atoms with Crippen molar-refractivity contribution in [2.45, 2.75) is 12.0 Å². The van der Waals surface area contributed by atoms with Crippen LogP contribution in [0.4, 0.5) is 10.5 Å². The van der Waals surface area contributed by atoms with E-state index < -0.39 is 11.5 Å². The van der Waals surface area contributed by atoms with Gasteiger partial charge < -0.3 is 14.8 Å². The molecule has 0 radical (unpaired) electrons. The third-order valence-electron chi connectivity index (χ3n) is 6.47. The van der Waals surface area contributed by atoms with Gasteiger partial charge in [0.25, 0.3) is 5.69 Å². The third kappa shape index (κ3) is 2.49. The Kier molecular flexibility index (Phi) is 4.26. The number of nitro groups is 1. The smallest absolute Gasteiger partial charge is 0.406 e. The third-order valence-corrected chi connectivity index (χ3v) is 6.47. The van der Waals surface area contributed by atoms with Crippen molar-refractivity contribution in [2.75, 3.05) is 20.3 Å². The normalized spacial score (nSPS) is 35.7. The van der Waals surface area contributed by atoms with Gasteiger partial charge in [-0.15, -0.1) is 6.58 Å². The van der Waals surface area contributed by atoms with E-state index in [4.69, 9.17) is 9.47 Å². The number of nitro benzene ring substituents is 1. The van der Waals surface area contributed by atoms with Gasteiger partial charge in [0.2, 0.25) is 0 Å². The zero-order chi connectivity index (χ0) is 19.2. The summed E-state index contributed by atoms with van der Waals surface area (Å²) in [5.74, 6) is 0.281. The van der Waals surface area contributed by atoms with Crippen molar-refractivity contribution in [3.8, 4) is 0 Å². The minimum absolute atomic E-state index is 0.00717. The van der Waals surface area contributed by atoms with Crippen LogP contribution in [-0.2, 0) is 9.47 Å². The summed E-state index contributed by atoms with van der Waals surface area (Å²) in [5, 5.41) is 14.4. The predicted octanol–water partition coefficient (Wildman–Crippen LogP) is 3.04. The fraction of sp³-hybridized carbons (Fsp3) is 0.450. The maximum absolute atomic E-state index is 11.7. The lowest BCUT2D eigenvalue weighted by molar-refractivity contribution is -0.385. The van der Waals surface area contributed by atoms with Gasteiger partial charge in [-0.05, 0) is 5.92 Å². The van der Waals surface area contributed by atoms with Crippen LogP contribution < -0.4 is 5.32 Å². The Morgan fingerprint density at radius 1 is 1.48 bits per heavy atom. The van der Waals surface area contributed by atoms with E-state index in [0.29, 0.717) is 24.6 Å². The lowest BCUT2D eigenvalue weighted by Gasteiger charge is -2.43. The molecule has 3 aliphatic rings. The van der Waals surface area contributed by atoms with Crippen LogP contribution in [0, 0.1) is 33.3 Å². The van der Waals surface area contributed by atoms with Crippen molar-refractivity contribution >= 4 is 11.8 Å². The molecule has 1 saturated carbocycles.